The molecule has 1 saturated carbocycles. The third-order valence-corrected chi connectivity index (χ3v) is 5.20. The van der Waals surface area contributed by atoms with Gasteiger partial charge in [0.1, 0.15) is 0 Å². The maximum absolute atomic E-state index is 12.0. The summed E-state index contributed by atoms with van der Waals surface area (Å²) in [6.45, 7) is 1.27. The Morgan fingerprint density at radius 2 is 1.85 bits per heavy atom. The van der Waals surface area contributed by atoms with E-state index in [4.69, 9.17) is 0 Å². The number of nitrogens with zero attached hydrogens (tertiary/aromatic N) is 1. The Bertz CT molecular complexity index is 606. The molecule has 1 aliphatic heterocycles. The number of hydrogen-bond acceptors (Lipinski definition) is 4. The summed E-state index contributed by atoms with van der Waals surface area (Å²) in [6, 6.07) is 6.89. The van der Waals surface area contributed by atoms with Crippen molar-refractivity contribution in [2.24, 2.45) is 0 Å². The van der Waals surface area contributed by atoms with Gasteiger partial charge in [0, 0.05) is 24.7 Å². The van der Waals surface area contributed by atoms with E-state index in [2.05, 4.69) is 4.72 Å². The number of benzene rings is 1. The number of hydrogen-bond donors (Lipinski definition) is 1. The number of anilines is 1. The van der Waals surface area contributed by atoms with Crippen molar-refractivity contribution in [2.75, 3.05) is 18.0 Å². The number of sulfonamides is 1. The molecule has 1 aliphatic carbocycles. The summed E-state index contributed by atoms with van der Waals surface area (Å²) in [6.07, 6.45) is 3.36. The summed E-state index contributed by atoms with van der Waals surface area (Å²) in [5.74, 6) is 0.239. The first-order valence-corrected chi connectivity index (χ1v) is 8.42. The third kappa shape index (κ3) is 3.02. The van der Waals surface area contributed by atoms with Gasteiger partial charge in [-0.1, -0.05) is 0 Å². The van der Waals surface area contributed by atoms with E-state index in [0.717, 1.165) is 31.5 Å². The van der Waals surface area contributed by atoms with Crippen LogP contribution in [0.4, 0.5) is 5.69 Å². The monoisotopic (exact) mass is 294 g/mol. The lowest BCUT2D eigenvalue weighted by molar-refractivity contribution is -0.118. The van der Waals surface area contributed by atoms with Gasteiger partial charge in [0.05, 0.1) is 11.4 Å². The van der Waals surface area contributed by atoms with Crippen LogP contribution in [0.3, 0.4) is 0 Å². The molecule has 0 amide bonds. The van der Waals surface area contributed by atoms with E-state index >= 15 is 0 Å². The van der Waals surface area contributed by atoms with Crippen molar-refractivity contribution in [3.8, 4) is 0 Å². The molecule has 20 heavy (non-hydrogen) atoms. The maximum Gasteiger partial charge on any atom is 0.240 e. The van der Waals surface area contributed by atoms with E-state index in [1.54, 1.807) is 24.3 Å². The lowest BCUT2D eigenvalue weighted by atomic mass is 10.1. The molecule has 1 aromatic rings. The number of nitrogens with one attached hydrogen (secondary N) is 1. The average Bonchev–Trinajstić information content (AvgIpc) is 3.22. The van der Waals surface area contributed by atoms with Crippen LogP contribution in [-0.2, 0) is 14.8 Å². The molecule has 0 atom stereocenters. The second kappa shape index (κ2) is 5.18. The van der Waals surface area contributed by atoms with Gasteiger partial charge in [-0.25, -0.2) is 13.1 Å². The van der Waals surface area contributed by atoms with Crippen molar-refractivity contribution in [3.63, 3.8) is 0 Å². The highest BCUT2D eigenvalue weighted by Gasteiger charge is 2.28. The molecule has 0 spiro atoms. The van der Waals surface area contributed by atoms with Crippen LogP contribution in [0.25, 0.3) is 0 Å². The molecular formula is C14H18N2O3S. The number of carbonyl (C=O) groups excluding carboxylic acids is 1. The van der Waals surface area contributed by atoms with Gasteiger partial charge in [0.25, 0.3) is 0 Å². The predicted molar refractivity (Wildman–Crippen MR) is 76.2 cm³/mol. The van der Waals surface area contributed by atoms with E-state index in [9.17, 15) is 13.2 Å². The standard InChI is InChI=1S/C14H18N2O3S/c17-13-2-1-9-16(10-13)12-5-7-14(8-6-12)20(18,19)15-11-3-4-11/h5-8,11,15H,1-4,9-10H2. The van der Waals surface area contributed by atoms with Crippen LogP contribution in [0.2, 0.25) is 0 Å². The largest absolute Gasteiger partial charge is 0.364 e. The molecule has 108 valence electrons. The fourth-order valence-electron chi connectivity index (χ4n) is 2.38. The second-order valence-corrected chi connectivity index (χ2v) is 7.17. The number of ketones is 1. The minimum absolute atomic E-state index is 0.111. The molecule has 2 fully saturated rings. The lowest BCUT2D eigenvalue weighted by Crippen LogP contribution is -2.35. The maximum atomic E-state index is 12.0. The van der Waals surface area contributed by atoms with Gasteiger partial charge in [-0.3, -0.25) is 4.79 Å². The van der Waals surface area contributed by atoms with Gasteiger partial charge in [0.2, 0.25) is 10.0 Å². The van der Waals surface area contributed by atoms with Crippen molar-refractivity contribution in [1.29, 1.82) is 0 Å². The van der Waals surface area contributed by atoms with E-state index in [1.807, 2.05) is 4.90 Å². The Labute approximate surface area is 119 Å². The molecule has 1 saturated heterocycles. The van der Waals surface area contributed by atoms with Crippen LogP contribution in [0.5, 0.6) is 0 Å². The molecule has 1 heterocycles. The van der Waals surface area contributed by atoms with Crippen molar-refractivity contribution >= 4 is 21.5 Å². The SMILES string of the molecule is O=C1CCCN(c2ccc(S(=O)(=O)NC3CC3)cc2)C1. The van der Waals surface area contributed by atoms with Crippen molar-refractivity contribution in [1.82, 2.24) is 4.72 Å². The highest BCUT2D eigenvalue weighted by atomic mass is 32.2. The molecule has 0 bridgehead atoms. The number of rotatable bonds is 4. The van der Waals surface area contributed by atoms with Gasteiger partial charge in [-0.15, -0.1) is 0 Å². The van der Waals surface area contributed by atoms with Crippen molar-refractivity contribution in [3.05, 3.63) is 24.3 Å². The summed E-state index contributed by atoms with van der Waals surface area (Å²) < 4.78 is 26.7. The average molecular weight is 294 g/mol. The molecule has 0 unspecified atom stereocenters. The lowest BCUT2D eigenvalue weighted by Gasteiger charge is -2.27. The van der Waals surface area contributed by atoms with E-state index in [1.165, 1.54) is 0 Å². The number of carbonyl (C=O) groups is 1. The number of Topliss-reactive ketones (excluding diaryl/α,β-unsaturated/α-hetero) is 1. The van der Waals surface area contributed by atoms with Crippen LogP contribution in [0.1, 0.15) is 25.7 Å². The highest BCUT2D eigenvalue weighted by molar-refractivity contribution is 7.89. The zero-order valence-electron chi connectivity index (χ0n) is 11.2. The zero-order chi connectivity index (χ0) is 14.2. The van der Waals surface area contributed by atoms with E-state index in [-0.39, 0.29) is 16.7 Å². The fraction of sp³-hybridized carbons (Fsp3) is 0.500. The van der Waals surface area contributed by atoms with Gasteiger partial charge >= 0.3 is 0 Å². The minimum atomic E-state index is -3.39. The summed E-state index contributed by atoms with van der Waals surface area (Å²) in [4.78, 5) is 13.7. The van der Waals surface area contributed by atoms with Crippen LogP contribution in [0, 0.1) is 0 Å². The Kier molecular flexibility index (Phi) is 3.52. The van der Waals surface area contributed by atoms with Gasteiger partial charge in [-0.2, -0.15) is 0 Å². The van der Waals surface area contributed by atoms with Gasteiger partial charge in [-0.05, 0) is 43.5 Å². The van der Waals surface area contributed by atoms with Crippen LogP contribution >= 0.6 is 0 Å². The molecule has 0 radical (unpaired) electrons. The minimum Gasteiger partial charge on any atom is -0.364 e. The molecule has 2 aliphatic rings. The van der Waals surface area contributed by atoms with Crippen LogP contribution in [-0.4, -0.2) is 33.3 Å². The zero-order valence-corrected chi connectivity index (χ0v) is 12.0. The first-order chi connectivity index (χ1) is 9.54. The smallest absolute Gasteiger partial charge is 0.240 e. The predicted octanol–water partition coefficient (Wildman–Crippen LogP) is 1.30. The van der Waals surface area contributed by atoms with E-state index in [0.29, 0.717) is 13.0 Å². The Balaban J connectivity index is 1.75. The molecule has 1 aromatic carbocycles. The molecule has 3 rings (SSSR count). The second-order valence-electron chi connectivity index (χ2n) is 5.45. The summed E-state index contributed by atoms with van der Waals surface area (Å²) in [7, 11) is -3.39. The normalized spacial score (nSPS) is 20.2. The Morgan fingerprint density at radius 1 is 1.15 bits per heavy atom. The fourth-order valence-corrected chi connectivity index (χ4v) is 3.69. The van der Waals surface area contributed by atoms with Crippen molar-refractivity contribution < 1.29 is 13.2 Å². The van der Waals surface area contributed by atoms with Crippen LogP contribution < -0.4 is 9.62 Å². The van der Waals surface area contributed by atoms with Gasteiger partial charge in [0.15, 0.2) is 5.78 Å². The Hall–Kier alpha value is -1.40. The third-order valence-electron chi connectivity index (χ3n) is 3.66. The quantitative estimate of drug-likeness (QED) is 0.909. The first kappa shape index (κ1) is 13.6. The Morgan fingerprint density at radius 3 is 2.45 bits per heavy atom. The van der Waals surface area contributed by atoms with Crippen LogP contribution in [0.15, 0.2) is 29.2 Å². The summed E-state index contributed by atoms with van der Waals surface area (Å²) in [5.41, 5.74) is 0.906. The number of piperidine rings is 1. The summed E-state index contributed by atoms with van der Waals surface area (Å²) >= 11 is 0. The molecule has 6 heteroatoms. The first-order valence-electron chi connectivity index (χ1n) is 6.94. The molecule has 5 nitrogen and oxygen atoms in total. The molecular weight excluding hydrogens is 276 g/mol. The topological polar surface area (TPSA) is 66.5 Å². The van der Waals surface area contributed by atoms with E-state index < -0.39 is 10.0 Å². The molecule has 1 N–H and O–H groups in total. The summed E-state index contributed by atoms with van der Waals surface area (Å²) in [5, 5.41) is 0. The molecule has 0 aromatic heterocycles. The van der Waals surface area contributed by atoms with Gasteiger partial charge < -0.3 is 4.90 Å². The van der Waals surface area contributed by atoms with Crippen molar-refractivity contribution in [2.45, 2.75) is 36.6 Å². The highest BCUT2D eigenvalue weighted by Crippen LogP contribution is 2.24.